The highest BCUT2D eigenvalue weighted by Crippen LogP contribution is 2.37. The molecule has 3 aliphatic heterocycles. The number of rotatable bonds is 6. The third kappa shape index (κ3) is 5.31. The molecule has 4 heterocycles. The molecular formula is C33H41N7O3. The van der Waals surface area contributed by atoms with E-state index in [1.54, 1.807) is 0 Å². The highest BCUT2D eigenvalue weighted by atomic mass is 16.5. The molecule has 2 saturated heterocycles. The first kappa shape index (κ1) is 29.0. The Morgan fingerprint density at radius 1 is 1.14 bits per heavy atom. The van der Waals surface area contributed by atoms with Gasteiger partial charge in [-0.15, -0.1) is 0 Å². The van der Waals surface area contributed by atoms with E-state index in [0.717, 1.165) is 43.0 Å². The topological polar surface area (TPSA) is 109 Å². The van der Waals surface area contributed by atoms with Gasteiger partial charge in [0, 0.05) is 42.8 Å². The summed E-state index contributed by atoms with van der Waals surface area (Å²) in [7, 11) is 2.15. The predicted octanol–water partition coefficient (Wildman–Crippen LogP) is 4.69. The number of carboxylic acid groups (broad SMARTS) is 1. The summed E-state index contributed by atoms with van der Waals surface area (Å²) in [5.74, 6) is 1.29. The third-order valence-electron chi connectivity index (χ3n) is 10.1. The summed E-state index contributed by atoms with van der Waals surface area (Å²) in [6.45, 7) is 10.9. The van der Waals surface area contributed by atoms with Gasteiger partial charge in [-0.1, -0.05) is 37.3 Å². The smallest absolute Gasteiger partial charge is 0.407 e. The van der Waals surface area contributed by atoms with E-state index < -0.39 is 12.1 Å². The first-order chi connectivity index (χ1) is 20.7. The number of likely N-dealkylation sites (tertiary alicyclic amines) is 1. The Hall–Kier alpha value is -4.10. The largest absolute Gasteiger partial charge is 0.465 e. The zero-order valence-electron chi connectivity index (χ0n) is 25.6. The minimum absolute atomic E-state index is 0.114. The van der Waals surface area contributed by atoms with Crippen LogP contribution in [0.2, 0.25) is 0 Å². The van der Waals surface area contributed by atoms with Gasteiger partial charge in [-0.3, -0.25) is 4.90 Å². The highest BCUT2D eigenvalue weighted by molar-refractivity contribution is 5.97. The van der Waals surface area contributed by atoms with Crippen LogP contribution in [-0.2, 0) is 13.0 Å². The molecular weight excluding hydrogens is 542 g/mol. The Balaban J connectivity index is 1.36. The molecule has 226 valence electrons. The van der Waals surface area contributed by atoms with Crippen molar-refractivity contribution in [2.75, 3.05) is 56.2 Å². The molecule has 1 amide bonds. The van der Waals surface area contributed by atoms with Crippen LogP contribution in [-0.4, -0.2) is 88.9 Å². The summed E-state index contributed by atoms with van der Waals surface area (Å²) in [6.07, 6.45) is 1.03. The zero-order chi connectivity index (χ0) is 30.3. The second-order valence-electron chi connectivity index (χ2n) is 12.6. The molecule has 0 spiro atoms. The van der Waals surface area contributed by atoms with Crippen LogP contribution in [0.4, 0.5) is 16.3 Å². The van der Waals surface area contributed by atoms with Crippen molar-refractivity contribution in [1.82, 2.24) is 19.8 Å². The first-order valence-electron chi connectivity index (χ1n) is 15.3. The Kier molecular flexibility index (Phi) is 7.77. The number of ether oxygens (including phenoxy) is 1. The molecule has 1 unspecified atom stereocenters. The summed E-state index contributed by atoms with van der Waals surface area (Å²) in [5.41, 5.74) is 4.35. The summed E-state index contributed by atoms with van der Waals surface area (Å²) >= 11 is 0. The number of aromatic nitrogens is 2. The molecule has 3 aromatic rings. The summed E-state index contributed by atoms with van der Waals surface area (Å²) in [5, 5.41) is 21.7. The van der Waals surface area contributed by atoms with Crippen molar-refractivity contribution in [3.63, 3.8) is 0 Å². The van der Waals surface area contributed by atoms with Gasteiger partial charge in [0.1, 0.15) is 12.4 Å². The number of nitriles is 1. The number of aryl methyl sites for hydroxylation is 1. The number of anilines is 2. The zero-order valence-corrected chi connectivity index (χ0v) is 25.6. The number of likely N-dealkylation sites (N-methyl/N-ethyl adjacent to an activating group) is 1. The molecule has 0 bridgehead atoms. The number of carbonyl (C=O) groups is 1. The van der Waals surface area contributed by atoms with E-state index in [4.69, 9.17) is 14.7 Å². The molecule has 43 heavy (non-hydrogen) atoms. The molecule has 1 aromatic heterocycles. The molecule has 3 atom stereocenters. The molecule has 2 fully saturated rings. The van der Waals surface area contributed by atoms with Crippen molar-refractivity contribution >= 4 is 28.4 Å². The molecule has 0 radical (unpaired) electrons. The summed E-state index contributed by atoms with van der Waals surface area (Å²) in [4.78, 5) is 30.2. The fraction of sp³-hybridized carbons (Fsp3) is 0.515. The van der Waals surface area contributed by atoms with Crippen LogP contribution < -0.4 is 14.5 Å². The van der Waals surface area contributed by atoms with Crippen molar-refractivity contribution in [3.8, 4) is 12.1 Å². The maximum absolute atomic E-state index is 11.9. The maximum atomic E-state index is 11.9. The fourth-order valence-corrected chi connectivity index (χ4v) is 7.06. The lowest BCUT2D eigenvalue weighted by Crippen LogP contribution is -2.55. The van der Waals surface area contributed by atoms with Gasteiger partial charge in [-0.25, -0.2) is 4.79 Å². The van der Waals surface area contributed by atoms with Gasteiger partial charge in [0.25, 0.3) is 0 Å². The Morgan fingerprint density at radius 3 is 2.65 bits per heavy atom. The van der Waals surface area contributed by atoms with Gasteiger partial charge < -0.3 is 24.5 Å². The predicted molar refractivity (Wildman–Crippen MR) is 167 cm³/mol. The number of amides is 1. The Labute approximate surface area is 253 Å². The molecule has 1 N–H and O–H groups in total. The van der Waals surface area contributed by atoms with E-state index in [-0.39, 0.29) is 12.0 Å². The third-order valence-corrected chi connectivity index (χ3v) is 10.1. The monoisotopic (exact) mass is 583 g/mol. The van der Waals surface area contributed by atoms with Crippen LogP contribution in [0.3, 0.4) is 0 Å². The van der Waals surface area contributed by atoms with Crippen LogP contribution in [0.25, 0.3) is 10.8 Å². The molecule has 6 rings (SSSR count). The molecule has 2 aromatic carbocycles. The number of piperazine rings is 1. The van der Waals surface area contributed by atoms with Gasteiger partial charge in [-0.05, 0) is 63.2 Å². The van der Waals surface area contributed by atoms with Gasteiger partial charge in [0.05, 0.1) is 36.3 Å². The van der Waals surface area contributed by atoms with E-state index >= 15 is 0 Å². The van der Waals surface area contributed by atoms with Gasteiger partial charge in [0.15, 0.2) is 0 Å². The molecule has 10 nitrogen and oxygen atoms in total. The van der Waals surface area contributed by atoms with Gasteiger partial charge >= 0.3 is 12.1 Å². The second kappa shape index (κ2) is 11.5. The fourth-order valence-electron chi connectivity index (χ4n) is 7.06. The van der Waals surface area contributed by atoms with Crippen LogP contribution in [0.15, 0.2) is 36.4 Å². The van der Waals surface area contributed by atoms with Crippen LogP contribution in [0, 0.1) is 24.2 Å². The number of hydrogen-bond acceptors (Lipinski definition) is 8. The van der Waals surface area contributed by atoms with E-state index in [0.29, 0.717) is 44.7 Å². The van der Waals surface area contributed by atoms with Crippen molar-refractivity contribution in [2.45, 2.75) is 58.2 Å². The average molecular weight is 584 g/mol. The lowest BCUT2D eigenvalue weighted by molar-refractivity contribution is 0.0800. The average Bonchev–Trinajstić information content (AvgIpc) is 3.26. The number of benzene rings is 2. The normalized spacial score (nSPS) is 24.2. The number of fused-ring (bicyclic) bond motifs is 2. The van der Waals surface area contributed by atoms with Crippen LogP contribution in [0.5, 0.6) is 6.01 Å². The Bertz CT molecular complexity index is 1550. The van der Waals surface area contributed by atoms with Crippen LogP contribution >= 0.6 is 0 Å². The van der Waals surface area contributed by atoms with Crippen molar-refractivity contribution in [3.05, 3.63) is 53.2 Å². The molecule has 0 saturated carbocycles. The quantitative estimate of drug-likeness (QED) is 0.442. The lowest BCUT2D eigenvalue weighted by Gasteiger charge is -2.41. The van der Waals surface area contributed by atoms with Crippen molar-refractivity contribution in [2.24, 2.45) is 5.92 Å². The van der Waals surface area contributed by atoms with Crippen molar-refractivity contribution in [1.29, 1.82) is 5.26 Å². The molecule has 3 aliphatic rings. The molecule has 0 aliphatic carbocycles. The summed E-state index contributed by atoms with van der Waals surface area (Å²) in [6, 6.07) is 15.0. The van der Waals surface area contributed by atoms with E-state index in [9.17, 15) is 15.2 Å². The highest BCUT2D eigenvalue weighted by Gasteiger charge is 2.41. The minimum atomic E-state index is -0.988. The van der Waals surface area contributed by atoms with E-state index in [1.165, 1.54) is 26.9 Å². The standard InChI is InChI=1S/C33H41N7O3/c1-22-7-5-8-24-9-6-10-28(29(22)24)38-16-13-26-27(20-38)35-31(43-21-33(3)23(2)12-15-37(33)4)36-30(26)39-17-18-40(32(41)42)25(19-39)11-14-34/h5-10,23,25H,11-13,15-21H2,1-4H3,(H,41,42)/t23?,25-,33+/m0/s1. The lowest BCUT2D eigenvalue weighted by atomic mass is 9.89. The second-order valence-corrected chi connectivity index (χ2v) is 12.6. The van der Waals surface area contributed by atoms with Gasteiger partial charge in [0.2, 0.25) is 0 Å². The first-order valence-corrected chi connectivity index (χ1v) is 15.3. The van der Waals surface area contributed by atoms with Crippen LogP contribution in [0.1, 0.15) is 43.5 Å². The minimum Gasteiger partial charge on any atom is -0.465 e. The van der Waals surface area contributed by atoms with Crippen molar-refractivity contribution < 1.29 is 14.6 Å². The Morgan fingerprint density at radius 2 is 1.93 bits per heavy atom. The number of nitrogens with zero attached hydrogens (tertiary/aromatic N) is 7. The summed E-state index contributed by atoms with van der Waals surface area (Å²) < 4.78 is 6.43. The van der Waals surface area contributed by atoms with Gasteiger partial charge in [-0.2, -0.15) is 15.2 Å². The van der Waals surface area contributed by atoms with E-state index in [2.05, 4.69) is 85.0 Å². The maximum Gasteiger partial charge on any atom is 0.407 e. The number of hydrogen-bond donors (Lipinski definition) is 1. The van der Waals surface area contributed by atoms with E-state index in [1.807, 2.05) is 0 Å². The molecule has 10 heteroatoms. The SMILES string of the molecule is Cc1cccc2cccc(N3CCc4c(nc(OC[C@]5(C)C(C)CCN5C)nc4N4CCN(C(=O)O)[C@@H](CC#N)C4)C3)c12.